The fourth-order valence-electron chi connectivity index (χ4n) is 9.32. The lowest BCUT2D eigenvalue weighted by atomic mass is 9.82. The second-order valence-corrected chi connectivity index (χ2v) is 15.7. The molecule has 0 atom stereocenters. The fourth-order valence-corrected chi connectivity index (χ4v) is 9.32. The Morgan fingerprint density at radius 2 is 0.947 bits per heavy atom. The van der Waals surface area contributed by atoms with Crippen molar-refractivity contribution in [2.24, 2.45) is 0 Å². The number of hydrogen-bond donors (Lipinski definition) is 0. The highest BCUT2D eigenvalue weighted by atomic mass is 16.3. The first-order valence-electron chi connectivity index (χ1n) is 19.8. The Morgan fingerprint density at radius 3 is 1.79 bits per heavy atom. The van der Waals surface area contributed by atoms with Gasteiger partial charge in [0.1, 0.15) is 11.2 Å². The highest BCUT2D eigenvalue weighted by Crippen LogP contribution is 2.52. The van der Waals surface area contributed by atoms with Crippen molar-refractivity contribution in [2.75, 3.05) is 4.90 Å². The highest BCUT2D eigenvalue weighted by molar-refractivity contribution is 6.17. The SMILES string of the molecule is CC1(C)c2ccccc2-c2ccc(N(c3ccc(-c4cccc5c4ccc4c6ccccc6oc54)cc3)c3ccccc3-c3ccccc3-c3ccccc3)cc21. The van der Waals surface area contributed by atoms with Crippen LogP contribution in [0, 0.1) is 0 Å². The van der Waals surface area contributed by atoms with Crippen molar-refractivity contribution in [1.82, 2.24) is 0 Å². The number of rotatable bonds is 6. The van der Waals surface area contributed by atoms with Crippen LogP contribution in [0.5, 0.6) is 0 Å². The van der Waals surface area contributed by atoms with Gasteiger partial charge >= 0.3 is 0 Å². The Balaban J connectivity index is 1.08. The molecule has 10 aromatic rings. The van der Waals surface area contributed by atoms with Crippen LogP contribution >= 0.6 is 0 Å². The van der Waals surface area contributed by atoms with E-state index >= 15 is 0 Å². The molecule has 2 nitrogen and oxygen atoms in total. The van der Waals surface area contributed by atoms with Crippen molar-refractivity contribution >= 4 is 49.8 Å². The molecule has 0 bridgehead atoms. The second kappa shape index (κ2) is 13.0. The lowest BCUT2D eigenvalue weighted by Crippen LogP contribution is -2.17. The quantitative estimate of drug-likeness (QED) is 0.169. The molecule has 1 aromatic heterocycles. The zero-order chi connectivity index (χ0) is 38.1. The molecular weight excluding hydrogens is 691 g/mol. The summed E-state index contributed by atoms with van der Waals surface area (Å²) in [5.41, 5.74) is 17.6. The van der Waals surface area contributed by atoms with Crippen molar-refractivity contribution in [1.29, 1.82) is 0 Å². The zero-order valence-corrected chi connectivity index (χ0v) is 31.9. The van der Waals surface area contributed by atoms with Crippen molar-refractivity contribution in [3.05, 3.63) is 211 Å². The minimum atomic E-state index is -0.128. The molecule has 0 saturated carbocycles. The van der Waals surface area contributed by atoms with Crippen LogP contribution in [0.25, 0.3) is 77.2 Å². The maximum atomic E-state index is 6.45. The summed E-state index contributed by atoms with van der Waals surface area (Å²) in [6, 6.07) is 72.7. The summed E-state index contributed by atoms with van der Waals surface area (Å²) in [6.45, 7) is 4.71. The van der Waals surface area contributed by atoms with Crippen molar-refractivity contribution in [2.45, 2.75) is 19.3 Å². The van der Waals surface area contributed by atoms with Crippen molar-refractivity contribution in [3.63, 3.8) is 0 Å². The molecule has 0 spiro atoms. The average Bonchev–Trinajstić information content (AvgIpc) is 3.76. The van der Waals surface area contributed by atoms with Crippen LogP contribution in [-0.2, 0) is 5.41 Å². The summed E-state index contributed by atoms with van der Waals surface area (Å²) < 4.78 is 6.45. The van der Waals surface area contributed by atoms with E-state index in [0.717, 1.165) is 50.0 Å². The van der Waals surface area contributed by atoms with E-state index in [1.54, 1.807) is 0 Å². The molecule has 1 heterocycles. The van der Waals surface area contributed by atoms with Gasteiger partial charge in [0.15, 0.2) is 0 Å². The van der Waals surface area contributed by atoms with Gasteiger partial charge in [-0.2, -0.15) is 0 Å². The average molecular weight is 730 g/mol. The molecule has 0 N–H and O–H groups in total. The molecule has 0 aliphatic heterocycles. The lowest BCUT2D eigenvalue weighted by Gasteiger charge is -2.30. The van der Waals surface area contributed by atoms with Crippen LogP contribution in [0.1, 0.15) is 25.0 Å². The van der Waals surface area contributed by atoms with E-state index in [1.165, 1.54) is 55.5 Å². The molecule has 0 saturated heterocycles. The third kappa shape index (κ3) is 5.25. The largest absolute Gasteiger partial charge is 0.455 e. The van der Waals surface area contributed by atoms with Gasteiger partial charge in [0.05, 0.1) is 5.69 Å². The number of anilines is 3. The molecule has 270 valence electrons. The van der Waals surface area contributed by atoms with E-state index in [2.05, 4.69) is 213 Å². The van der Waals surface area contributed by atoms with Gasteiger partial charge in [-0.1, -0.05) is 172 Å². The van der Waals surface area contributed by atoms with Crippen LogP contribution in [-0.4, -0.2) is 0 Å². The Labute approximate surface area is 332 Å². The van der Waals surface area contributed by atoms with E-state index in [4.69, 9.17) is 4.42 Å². The van der Waals surface area contributed by atoms with Gasteiger partial charge in [0, 0.05) is 38.5 Å². The van der Waals surface area contributed by atoms with Crippen molar-refractivity contribution < 1.29 is 4.42 Å². The molecular formula is C55H39NO. The molecule has 1 aliphatic rings. The molecule has 0 fully saturated rings. The lowest BCUT2D eigenvalue weighted by molar-refractivity contribution is 0.660. The number of hydrogen-bond acceptors (Lipinski definition) is 2. The second-order valence-electron chi connectivity index (χ2n) is 15.7. The minimum Gasteiger partial charge on any atom is -0.455 e. The Hall–Kier alpha value is -7.16. The Kier molecular flexibility index (Phi) is 7.55. The first-order chi connectivity index (χ1) is 28.0. The van der Waals surface area contributed by atoms with E-state index in [-0.39, 0.29) is 5.41 Å². The summed E-state index contributed by atoms with van der Waals surface area (Å²) in [6.07, 6.45) is 0. The molecule has 2 heteroatoms. The summed E-state index contributed by atoms with van der Waals surface area (Å²) >= 11 is 0. The predicted octanol–water partition coefficient (Wildman–Crippen LogP) is 15.5. The van der Waals surface area contributed by atoms with Crippen LogP contribution in [0.2, 0.25) is 0 Å². The summed E-state index contributed by atoms with van der Waals surface area (Å²) in [5.74, 6) is 0. The predicted molar refractivity (Wildman–Crippen MR) is 240 cm³/mol. The van der Waals surface area contributed by atoms with Gasteiger partial charge in [-0.15, -0.1) is 0 Å². The molecule has 0 unspecified atom stereocenters. The van der Waals surface area contributed by atoms with E-state index in [1.807, 2.05) is 6.07 Å². The first kappa shape index (κ1) is 33.2. The Bertz CT molecular complexity index is 3150. The Morgan fingerprint density at radius 1 is 0.368 bits per heavy atom. The summed E-state index contributed by atoms with van der Waals surface area (Å²) in [5, 5.41) is 4.60. The minimum absolute atomic E-state index is 0.128. The summed E-state index contributed by atoms with van der Waals surface area (Å²) in [4.78, 5) is 2.45. The van der Waals surface area contributed by atoms with Gasteiger partial charge < -0.3 is 9.32 Å². The van der Waals surface area contributed by atoms with Crippen LogP contribution in [0.4, 0.5) is 17.1 Å². The molecule has 0 radical (unpaired) electrons. The maximum absolute atomic E-state index is 6.45. The van der Waals surface area contributed by atoms with E-state index in [0.29, 0.717) is 0 Å². The third-order valence-corrected chi connectivity index (χ3v) is 12.1. The van der Waals surface area contributed by atoms with Gasteiger partial charge in [-0.05, 0) is 97.9 Å². The molecule has 9 aromatic carbocycles. The number of para-hydroxylation sites is 2. The number of nitrogens with zero attached hydrogens (tertiary/aromatic N) is 1. The van der Waals surface area contributed by atoms with Gasteiger partial charge in [0.2, 0.25) is 0 Å². The smallest absolute Gasteiger partial charge is 0.143 e. The van der Waals surface area contributed by atoms with E-state index in [9.17, 15) is 0 Å². The maximum Gasteiger partial charge on any atom is 0.143 e. The molecule has 11 rings (SSSR count). The van der Waals surface area contributed by atoms with Gasteiger partial charge in [0.25, 0.3) is 0 Å². The van der Waals surface area contributed by atoms with Crippen molar-refractivity contribution in [3.8, 4) is 44.5 Å². The number of fused-ring (bicyclic) bond motifs is 8. The van der Waals surface area contributed by atoms with Gasteiger partial charge in [-0.3, -0.25) is 0 Å². The first-order valence-corrected chi connectivity index (χ1v) is 19.8. The normalized spacial score (nSPS) is 12.9. The fraction of sp³-hybridized carbons (Fsp3) is 0.0545. The van der Waals surface area contributed by atoms with E-state index < -0.39 is 0 Å². The molecule has 57 heavy (non-hydrogen) atoms. The molecule has 1 aliphatic carbocycles. The van der Waals surface area contributed by atoms with Crippen LogP contribution in [0.3, 0.4) is 0 Å². The third-order valence-electron chi connectivity index (χ3n) is 12.1. The summed E-state index contributed by atoms with van der Waals surface area (Å²) in [7, 11) is 0. The standard InChI is InChI=1S/C55H39NO/c1-55(2)50-24-11-8-19-44(50)45-32-31-39(35-51(45)55)56(52-25-12-9-20-46(52)42-18-7-6-17-40(42)36-15-4-3-5-16-36)38-29-27-37(28-30-38)41-22-14-23-48-43(41)33-34-49-47-21-10-13-26-53(47)57-54(48)49/h3-35H,1-2H3. The number of furan rings is 1. The number of benzene rings is 9. The topological polar surface area (TPSA) is 16.4 Å². The monoisotopic (exact) mass is 729 g/mol. The van der Waals surface area contributed by atoms with Crippen LogP contribution in [0.15, 0.2) is 205 Å². The van der Waals surface area contributed by atoms with Crippen LogP contribution < -0.4 is 4.90 Å². The van der Waals surface area contributed by atoms with Gasteiger partial charge in [-0.25, -0.2) is 0 Å². The zero-order valence-electron chi connectivity index (χ0n) is 31.9. The molecule has 0 amide bonds. The highest BCUT2D eigenvalue weighted by Gasteiger charge is 2.36.